The second-order valence-corrected chi connectivity index (χ2v) is 7.17. The number of nitrogens with one attached hydrogen (secondary N) is 1. The average Bonchev–Trinajstić information content (AvgIpc) is 3.17. The van der Waals surface area contributed by atoms with Crippen LogP contribution in [-0.2, 0) is 0 Å². The highest BCUT2D eigenvalue weighted by atomic mass is 32.2. The van der Waals surface area contributed by atoms with Crippen LogP contribution in [0.15, 0.2) is 47.6 Å². The number of aromatic nitrogens is 3. The van der Waals surface area contributed by atoms with Gasteiger partial charge in [-0.3, -0.25) is 0 Å². The first kappa shape index (κ1) is 19.6. The Labute approximate surface area is 166 Å². The van der Waals surface area contributed by atoms with Crippen molar-refractivity contribution < 1.29 is 0 Å². The minimum Gasteiger partial charge on any atom is -0.316 e. The summed E-state index contributed by atoms with van der Waals surface area (Å²) in [6.45, 7) is 6.13. The van der Waals surface area contributed by atoms with Crippen LogP contribution in [0.3, 0.4) is 0 Å². The molecule has 1 fully saturated rings. The lowest BCUT2D eigenvalue weighted by atomic mass is 9.96. The number of hydrogen-bond acceptors (Lipinski definition) is 4. The van der Waals surface area contributed by atoms with Gasteiger partial charge in [0.1, 0.15) is 5.03 Å². The van der Waals surface area contributed by atoms with Crippen molar-refractivity contribution in [1.29, 1.82) is 0 Å². The summed E-state index contributed by atoms with van der Waals surface area (Å²) in [5.41, 5.74) is 4.36. The van der Waals surface area contributed by atoms with E-state index in [1.165, 1.54) is 24.1 Å². The Bertz CT molecular complexity index is 880. The van der Waals surface area contributed by atoms with Gasteiger partial charge in [0.25, 0.3) is 0 Å². The van der Waals surface area contributed by atoms with E-state index in [9.17, 15) is 0 Å². The second kappa shape index (κ2) is 9.72. The molecule has 1 atom stereocenters. The summed E-state index contributed by atoms with van der Waals surface area (Å²) < 4.78 is 1.95. The number of nitrogens with zero attached hydrogens (tertiary/aromatic N) is 3. The highest BCUT2D eigenvalue weighted by Gasteiger charge is 2.19. The highest BCUT2D eigenvalue weighted by molar-refractivity contribution is 7.98. The summed E-state index contributed by atoms with van der Waals surface area (Å²) in [6, 6.07) is 12.5. The van der Waals surface area contributed by atoms with Gasteiger partial charge in [-0.15, -0.1) is 11.8 Å². The molecule has 5 heteroatoms. The van der Waals surface area contributed by atoms with Gasteiger partial charge in [-0.2, -0.15) is 5.10 Å². The van der Waals surface area contributed by atoms with E-state index in [4.69, 9.17) is 4.98 Å². The van der Waals surface area contributed by atoms with Crippen molar-refractivity contribution in [2.75, 3.05) is 19.3 Å². The van der Waals surface area contributed by atoms with Crippen LogP contribution in [0, 0.1) is 0 Å². The molecule has 1 aromatic carbocycles. The average molecular weight is 381 g/mol. The first-order chi connectivity index (χ1) is 13.3. The summed E-state index contributed by atoms with van der Waals surface area (Å²) in [5, 5.41) is 9.19. The molecule has 27 heavy (non-hydrogen) atoms. The van der Waals surface area contributed by atoms with Crippen LogP contribution in [0.4, 0.5) is 0 Å². The zero-order valence-corrected chi connectivity index (χ0v) is 17.2. The van der Waals surface area contributed by atoms with E-state index in [0.29, 0.717) is 5.92 Å². The van der Waals surface area contributed by atoms with Gasteiger partial charge < -0.3 is 5.32 Å². The molecule has 142 valence electrons. The Morgan fingerprint density at radius 1 is 1.19 bits per heavy atom. The molecule has 4 nitrogen and oxygen atoms in total. The zero-order valence-electron chi connectivity index (χ0n) is 16.4. The van der Waals surface area contributed by atoms with Crippen molar-refractivity contribution in [3.05, 3.63) is 59.4 Å². The number of benzene rings is 1. The normalized spacial score (nSPS) is 17.1. The minimum absolute atomic E-state index is 0.491. The van der Waals surface area contributed by atoms with Gasteiger partial charge in [0, 0.05) is 23.7 Å². The summed E-state index contributed by atoms with van der Waals surface area (Å²) in [5.74, 6) is 0.491. The Hall–Kier alpha value is -2.11. The molecule has 0 amide bonds. The number of fused-ring (bicyclic) bond motifs is 1. The van der Waals surface area contributed by atoms with Crippen molar-refractivity contribution in [2.45, 2.75) is 37.6 Å². The standard InChI is InChI=1S/C20H22N4S.C2H6/c1-25-19-12-18(16-8-5-11-21-13-16)23-20-17(14-22-24(19)20)10-9-15-6-3-2-4-7-15;1-2/h2-4,6-7,9-10,12,14,16,21H,5,8,11,13H2,1H3;1-2H3/b10-9+;. The van der Waals surface area contributed by atoms with Crippen LogP contribution in [0.25, 0.3) is 17.8 Å². The van der Waals surface area contributed by atoms with Crippen LogP contribution in [-0.4, -0.2) is 33.9 Å². The molecule has 0 spiro atoms. The highest BCUT2D eigenvalue weighted by Crippen LogP contribution is 2.27. The Morgan fingerprint density at radius 3 is 2.70 bits per heavy atom. The summed E-state index contributed by atoms with van der Waals surface area (Å²) in [6.07, 6.45) is 10.6. The fraction of sp³-hybridized carbons (Fsp3) is 0.364. The fourth-order valence-corrected chi connectivity index (χ4v) is 3.84. The fourth-order valence-electron chi connectivity index (χ4n) is 3.30. The van der Waals surface area contributed by atoms with E-state index >= 15 is 0 Å². The number of piperidine rings is 1. The second-order valence-electron chi connectivity index (χ2n) is 6.35. The van der Waals surface area contributed by atoms with E-state index in [2.05, 4.69) is 47.0 Å². The van der Waals surface area contributed by atoms with Crippen molar-refractivity contribution in [2.24, 2.45) is 0 Å². The Kier molecular flexibility index (Phi) is 7.07. The van der Waals surface area contributed by atoms with Crippen LogP contribution in [0.1, 0.15) is 49.4 Å². The molecule has 1 unspecified atom stereocenters. The van der Waals surface area contributed by atoms with Crippen LogP contribution in [0.2, 0.25) is 0 Å². The quantitative estimate of drug-likeness (QED) is 0.504. The molecule has 0 radical (unpaired) electrons. The molecule has 1 N–H and O–H groups in total. The van der Waals surface area contributed by atoms with Crippen molar-refractivity contribution in [1.82, 2.24) is 19.9 Å². The zero-order chi connectivity index (χ0) is 19.1. The lowest BCUT2D eigenvalue weighted by Gasteiger charge is -2.22. The summed E-state index contributed by atoms with van der Waals surface area (Å²) in [7, 11) is 0. The number of thioether (sulfide) groups is 1. The Balaban J connectivity index is 0.00000102. The minimum atomic E-state index is 0.491. The maximum Gasteiger partial charge on any atom is 0.163 e. The monoisotopic (exact) mass is 380 g/mol. The van der Waals surface area contributed by atoms with Gasteiger partial charge >= 0.3 is 0 Å². The van der Waals surface area contributed by atoms with Gasteiger partial charge in [-0.05, 0) is 43.3 Å². The third-order valence-corrected chi connectivity index (χ3v) is 5.37. The largest absolute Gasteiger partial charge is 0.316 e. The smallest absolute Gasteiger partial charge is 0.163 e. The molecule has 1 aliphatic heterocycles. The van der Waals surface area contributed by atoms with E-state index in [0.717, 1.165) is 29.3 Å². The van der Waals surface area contributed by atoms with Crippen LogP contribution < -0.4 is 5.32 Å². The summed E-state index contributed by atoms with van der Waals surface area (Å²) in [4.78, 5) is 4.98. The van der Waals surface area contributed by atoms with Gasteiger partial charge in [0.15, 0.2) is 5.65 Å². The SMILES string of the molecule is CC.CSc1cc(C2CCCNC2)nc2c(/C=C/c3ccccc3)cnn12. The summed E-state index contributed by atoms with van der Waals surface area (Å²) >= 11 is 1.72. The third kappa shape index (κ3) is 4.60. The molecule has 0 bridgehead atoms. The predicted molar refractivity (Wildman–Crippen MR) is 116 cm³/mol. The van der Waals surface area contributed by atoms with Crippen molar-refractivity contribution in [3.8, 4) is 0 Å². The third-order valence-electron chi connectivity index (χ3n) is 4.67. The van der Waals surface area contributed by atoms with Gasteiger partial charge in [0.2, 0.25) is 0 Å². The number of hydrogen-bond donors (Lipinski definition) is 1. The molecule has 2 aromatic heterocycles. The topological polar surface area (TPSA) is 42.2 Å². The van der Waals surface area contributed by atoms with E-state index in [1.807, 2.05) is 42.8 Å². The molecule has 1 saturated heterocycles. The van der Waals surface area contributed by atoms with Crippen molar-refractivity contribution in [3.63, 3.8) is 0 Å². The van der Waals surface area contributed by atoms with E-state index < -0.39 is 0 Å². The molecular weight excluding hydrogens is 352 g/mol. The molecule has 3 aromatic rings. The van der Waals surface area contributed by atoms with Gasteiger partial charge in [-0.1, -0.05) is 50.3 Å². The Morgan fingerprint density at radius 2 is 2.00 bits per heavy atom. The molecule has 4 rings (SSSR count). The first-order valence-electron chi connectivity index (χ1n) is 9.71. The molecule has 3 heterocycles. The van der Waals surface area contributed by atoms with Gasteiger partial charge in [-0.25, -0.2) is 9.50 Å². The van der Waals surface area contributed by atoms with Crippen LogP contribution >= 0.6 is 11.8 Å². The maximum atomic E-state index is 4.98. The van der Waals surface area contributed by atoms with Crippen LogP contribution in [0.5, 0.6) is 0 Å². The van der Waals surface area contributed by atoms with Gasteiger partial charge in [0.05, 0.1) is 6.20 Å². The maximum absolute atomic E-state index is 4.98. The van der Waals surface area contributed by atoms with Crippen molar-refractivity contribution >= 4 is 29.6 Å². The van der Waals surface area contributed by atoms with E-state index in [-0.39, 0.29) is 0 Å². The number of rotatable bonds is 4. The first-order valence-corrected chi connectivity index (χ1v) is 10.9. The predicted octanol–water partition coefficient (Wildman–Crippen LogP) is 5.11. The molecule has 0 aliphatic carbocycles. The molecular formula is C22H28N4S. The lowest BCUT2D eigenvalue weighted by Crippen LogP contribution is -2.29. The molecule has 1 aliphatic rings. The lowest BCUT2D eigenvalue weighted by molar-refractivity contribution is 0.453. The van der Waals surface area contributed by atoms with E-state index in [1.54, 1.807) is 11.8 Å². The molecule has 0 saturated carbocycles.